The third-order valence-electron chi connectivity index (χ3n) is 2.02. The molecule has 0 aliphatic carbocycles. The summed E-state index contributed by atoms with van der Waals surface area (Å²) < 4.78 is 35.7. The number of hydrogen-bond acceptors (Lipinski definition) is 3. The average Bonchev–Trinajstić information content (AvgIpc) is 2.18. The molecule has 0 spiro atoms. The van der Waals surface area contributed by atoms with Crippen LogP contribution in [0.3, 0.4) is 0 Å². The van der Waals surface area contributed by atoms with Crippen molar-refractivity contribution in [3.05, 3.63) is 33.9 Å². The van der Waals surface area contributed by atoms with Gasteiger partial charge in [0.2, 0.25) is 0 Å². The van der Waals surface area contributed by atoms with E-state index in [1.54, 1.807) is 6.07 Å². The Labute approximate surface area is 115 Å². The minimum atomic E-state index is -3.97. The minimum absolute atomic E-state index is 0.0682. The van der Waals surface area contributed by atoms with Crippen molar-refractivity contribution in [2.75, 3.05) is 12.4 Å². The monoisotopic (exact) mass is 368 g/mol. The van der Waals surface area contributed by atoms with Gasteiger partial charge in [0.1, 0.15) is 18.1 Å². The topological polar surface area (TPSA) is 63.6 Å². The molecule has 0 aromatic heterocycles. The van der Waals surface area contributed by atoms with Crippen molar-refractivity contribution in [2.45, 2.75) is 6.92 Å². The first kappa shape index (κ1) is 14.5. The molecule has 0 unspecified atom stereocenters. The lowest BCUT2D eigenvalue weighted by molar-refractivity contribution is 0.333. The highest BCUT2D eigenvalue weighted by atomic mass is 127. The van der Waals surface area contributed by atoms with E-state index in [1.165, 1.54) is 0 Å². The molecule has 0 bridgehead atoms. The quantitative estimate of drug-likeness (QED) is 0.641. The predicted octanol–water partition coefficient (Wildman–Crippen LogP) is 2.59. The Morgan fingerprint density at radius 3 is 2.65 bits per heavy atom. The summed E-state index contributed by atoms with van der Waals surface area (Å²) in [6, 6.07) is 5.52. The first-order valence-electron chi connectivity index (χ1n) is 4.83. The van der Waals surface area contributed by atoms with Crippen LogP contribution in [0.5, 0.6) is 5.75 Å². The largest absolute Gasteiger partial charge is 0.491 e. The van der Waals surface area contributed by atoms with E-state index >= 15 is 0 Å². The SMILES string of the molecule is C=C(C)c1ccc(OCCS(=O)(=O)O)c(I)c1. The summed E-state index contributed by atoms with van der Waals surface area (Å²) in [5, 5.41) is 0. The number of benzene rings is 1. The van der Waals surface area contributed by atoms with Crippen LogP contribution >= 0.6 is 22.6 Å². The summed E-state index contributed by atoms with van der Waals surface area (Å²) in [6.45, 7) is 5.67. The number of allylic oxidation sites excluding steroid dienone is 1. The highest BCUT2D eigenvalue weighted by molar-refractivity contribution is 14.1. The van der Waals surface area contributed by atoms with Gasteiger partial charge in [-0.1, -0.05) is 18.2 Å². The van der Waals surface area contributed by atoms with Crippen LogP contribution < -0.4 is 4.74 Å². The van der Waals surface area contributed by atoms with E-state index in [1.807, 2.05) is 19.1 Å². The van der Waals surface area contributed by atoms with Gasteiger partial charge in [0, 0.05) is 0 Å². The standard InChI is InChI=1S/C11H13IO4S/c1-8(2)9-3-4-11(10(12)7-9)16-5-6-17(13,14)15/h3-4,7H,1,5-6H2,2H3,(H,13,14,15). The molecule has 0 heterocycles. The fourth-order valence-electron chi connectivity index (χ4n) is 1.14. The van der Waals surface area contributed by atoms with Gasteiger partial charge in [0.15, 0.2) is 0 Å². The van der Waals surface area contributed by atoms with Gasteiger partial charge in [0.05, 0.1) is 3.57 Å². The maximum Gasteiger partial charge on any atom is 0.268 e. The van der Waals surface area contributed by atoms with Crippen molar-refractivity contribution in [2.24, 2.45) is 0 Å². The molecule has 0 aliphatic heterocycles. The first-order valence-corrected chi connectivity index (χ1v) is 7.52. The molecule has 94 valence electrons. The molecule has 4 nitrogen and oxygen atoms in total. The van der Waals surface area contributed by atoms with Crippen LogP contribution in [0.25, 0.3) is 5.57 Å². The van der Waals surface area contributed by atoms with Crippen molar-refractivity contribution in [1.82, 2.24) is 0 Å². The van der Waals surface area contributed by atoms with Crippen LogP contribution in [0.2, 0.25) is 0 Å². The van der Waals surface area contributed by atoms with Crippen LogP contribution in [0.1, 0.15) is 12.5 Å². The summed E-state index contributed by atoms with van der Waals surface area (Å²) >= 11 is 2.10. The summed E-state index contributed by atoms with van der Waals surface area (Å²) in [5.41, 5.74) is 1.96. The average molecular weight is 368 g/mol. The van der Waals surface area contributed by atoms with Gasteiger partial charge in [-0.15, -0.1) is 0 Å². The smallest absolute Gasteiger partial charge is 0.268 e. The molecular formula is C11H13IO4S. The van der Waals surface area contributed by atoms with Crippen molar-refractivity contribution in [3.63, 3.8) is 0 Å². The zero-order chi connectivity index (χ0) is 13.1. The van der Waals surface area contributed by atoms with Crippen LogP contribution in [0.15, 0.2) is 24.8 Å². The van der Waals surface area contributed by atoms with E-state index in [2.05, 4.69) is 29.2 Å². The van der Waals surface area contributed by atoms with Gasteiger partial charge < -0.3 is 4.74 Å². The van der Waals surface area contributed by atoms with Crippen LogP contribution in [0.4, 0.5) is 0 Å². The Hall–Kier alpha value is -0.600. The van der Waals surface area contributed by atoms with E-state index in [9.17, 15) is 8.42 Å². The Bertz CT molecular complexity index is 522. The summed E-state index contributed by atoms with van der Waals surface area (Å²) in [4.78, 5) is 0. The van der Waals surface area contributed by atoms with Gasteiger partial charge in [-0.05, 0) is 47.2 Å². The van der Waals surface area contributed by atoms with Crippen molar-refractivity contribution in [1.29, 1.82) is 0 Å². The Balaban J connectivity index is 2.70. The molecule has 0 fully saturated rings. The molecule has 0 aliphatic rings. The molecule has 0 atom stereocenters. The van der Waals surface area contributed by atoms with E-state index in [4.69, 9.17) is 9.29 Å². The Morgan fingerprint density at radius 1 is 1.53 bits per heavy atom. The van der Waals surface area contributed by atoms with Crippen LogP contribution in [-0.2, 0) is 10.1 Å². The van der Waals surface area contributed by atoms with Gasteiger partial charge >= 0.3 is 0 Å². The highest BCUT2D eigenvalue weighted by Gasteiger charge is 2.07. The number of hydrogen-bond donors (Lipinski definition) is 1. The lowest BCUT2D eigenvalue weighted by Gasteiger charge is -2.09. The molecule has 1 aromatic carbocycles. The van der Waals surface area contributed by atoms with Crippen molar-refractivity contribution < 1.29 is 17.7 Å². The second kappa shape index (κ2) is 5.83. The van der Waals surface area contributed by atoms with Gasteiger partial charge in [-0.25, -0.2) is 0 Å². The van der Waals surface area contributed by atoms with Crippen molar-refractivity contribution in [3.8, 4) is 5.75 Å². The zero-order valence-corrected chi connectivity index (χ0v) is 12.3. The molecule has 17 heavy (non-hydrogen) atoms. The van der Waals surface area contributed by atoms with E-state index in [-0.39, 0.29) is 6.61 Å². The predicted molar refractivity (Wildman–Crippen MR) is 75.8 cm³/mol. The van der Waals surface area contributed by atoms with E-state index in [0.717, 1.165) is 14.7 Å². The normalized spacial score (nSPS) is 11.2. The first-order chi connectivity index (χ1) is 7.79. The molecule has 1 aromatic rings. The lowest BCUT2D eigenvalue weighted by Crippen LogP contribution is -2.13. The van der Waals surface area contributed by atoms with E-state index in [0.29, 0.717) is 5.75 Å². The Morgan fingerprint density at radius 2 is 2.18 bits per heavy atom. The molecule has 6 heteroatoms. The molecule has 0 amide bonds. The fraction of sp³-hybridized carbons (Fsp3) is 0.273. The van der Waals surface area contributed by atoms with Crippen LogP contribution in [-0.4, -0.2) is 25.3 Å². The molecule has 0 radical (unpaired) electrons. The molecule has 1 N–H and O–H groups in total. The summed E-state index contributed by atoms with van der Waals surface area (Å²) in [5.74, 6) is 0.185. The highest BCUT2D eigenvalue weighted by Crippen LogP contribution is 2.24. The summed E-state index contributed by atoms with van der Waals surface area (Å²) in [7, 11) is -3.97. The number of halogens is 1. The van der Waals surface area contributed by atoms with Gasteiger partial charge in [0.25, 0.3) is 10.1 Å². The number of rotatable bonds is 5. The minimum Gasteiger partial charge on any atom is -0.491 e. The second-order valence-electron chi connectivity index (χ2n) is 3.56. The van der Waals surface area contributed by atoms with Crippen LogP contribution in [0, 0.1) is 3.57 Å². The fourth-order valence-corrected chi connectivity index (χ4v) is 2.11. The summed E-state index contributed by atoms with van der Waals surface area (Å²) in [6.07, 6.45) is 0. The molecule has 1 rings (SSSR count). The van der Waals surface area contributed by atoms with Gasteiger partial charge in [-0.2, -0.15) is 8.42 Å². The third-order valence-corrected chi connectivity index (χ3v) is 3.55. The van der Waals surface area contributed by atoms with Gasteiger partial charge in [-0.3, -0.25) is 4.55 Å². The molecule has 0 saturated heterocycles. The number of ether oxygens (including phenoxy) is 1. The lowest BCUT2D eigenvalue weighted by atomic mass is 10.1. The van der Waals surface area contributed by atoms with E-state index < -0.39 is 15.9 Å². The third kappa shape index (κ3) is 5.05. The molecule has 0 saturated carbocycles. The Kier molecular flexibility index (Phi) is 4.96. The maximum absolute atomic E-state index is 10.5. The zero-order valence-electron chi connectivity index (χ0n) is 9.31. The maximum atomic E-state index is 10.5. The molecular weight excluding hydrogens is 355 g/mol. The van der Waals surface area contributed by atoms with Crippen molar-refractivity contribution >= 4 is 38.3 Å². The second-order valence-corrected chi connectivity index (χ2v) is 6.29.